The van der Waals surface area contributed by atoms with E-state index < -0.39 is 12.3 Å². The van der Waals surface area contributed by atoms with Crippen LogP contribution in [-0.4, -0.2) is 21.7 Å². The Morgan fingerprint density at radius 3 is 2.57 bits per heavy atom. The van der Waals surface area contributed by atoms with Gasteiger partial charge in [0.2, 0.25) is 0 Å². The molecule has 152 valence electrons. The molecule has 4 rings (SSSR count). The van der Waals surface area contributed by atoms with E-state index in [-0.39, 0.29) is 11.3 Å². The highest BCUT2D eigenvalue weighted by Crippen LogP contribution is 2.25. The normalized spacial score (nSPS) is 11.5. The molecule has 0 aliphatic heterocycles. The summed E-state index contributed by atoms with van der Waals surface area (Å²) in [5, 5.41) is 2.74. The van der Waals surface area contributed by atoms with E-state index in [1.54, 1.807) is 18.2 Å². The molecular weight excluding hydrogens is 395 g/mol. The van der Waals surface area contributed by atoms with Crippen molar-refractivity contribution in [2.24, 2.45) is 0 Å². The molecular formula is C22H16F3N3O2. The number of halogens is 3. The zero-order valence-corrected chi connectivity index (χ0v) is 15.8. The van der Waals surface area contributed by atoms with Crippen molar-refractivity contribution >= 4 is 17.2 Å². The fourth-order valence-corrected chi connectivity index (χ4v) is 2.99. The van der Waals surface area contributed by atoms with E-state index in [4.69, 9.17) is 0 Å². The van der Waals surface area contributed by atoms with Crippen molar-refractivity contribution in [1.82, 2.24) is 9.38 Å². The van der Waals surface area contributed by atoms with Crippen molar-refractivity contribution in [2.75, 3.05) is 5.32 Å². The fourth-order valence-electron chi connectivity index (χ4n) is 2.99. The number of fused-ring (bicyclic) bond motifs is 1. The molecule has 0 radical (unpaired) electrons. The summed E-state index contributed by atoms with van der Waals surface area (Å²) in [6, 6.07) is 15.9. The first kappa shape index (κ1) is 19.5. The third-order valence-electron chi connectivity index (χ3n) is 4.38. The molecule has 0 bridgehead atoms. The Morgan fingerprint density at radius 2 is 1.83 bits per heavy atom. The topological polar surface area (TPSA) is 55.6 Å². The molecule has 0 atom stereocenters. The summed E-state index contributed by atoms with van der Waals surface area (Å²) in [5.41, 5.74) is 4.25. The highest BCUT2D eigenvalue weighted by molar-refractivity contribution is 6.04. The average Bonchev–Trinajstić information content (AvgIpc) is 3.11. The van der Waals surface area contributed by atoms with Crippen molar-refractivity contribution in [3.8, 4) is 17.0 Å². The lowest BCUT2D eigenvalue weighted by atomic mass is 10.1. The van der Waals surface area contributed by atoms with Crippen LogP contribution in [0.4, 0.5) is 18.9 Å². The van der Waals surface area contributed by atoms with Gasteiger partial charge in [0.15, 0.2) is 0 Å². The van der Waals surface area contributed by atoms with E-state index in [0.29, 0.717) is 5.69 Å². The van der Waals surface area contributed by atoms with Gasteiger partial charge in [-0.05, 0) is 61.0 Å². The summed E-state index contributed by atoms with van der Waals surface area (Å²) >= 11 is 0. The van der Waals surface area contributed by atoms with Crippen molar-refractivity contribution < 1.29 is 22.7 Å². The molecule has 0 saturated carbocycles. The number of alkyl halides is 3. The van der Waals surface area contributed by atoms with Gasteiger partial charge in [0.1, 0.15) is 11.4 Å². The zero-order valence-electron chi connectivity index (χ0n) is 15.8. The van der Waals surface area contributed by atoms with Crippen LogP contribution < -0.4 is 10.1 Å². The molecule has 5 nitrogen and oxygen atoms in total. The standard InChI is InChI=1S/C22H16F3N3O2/c1-14-9-10-28-13-19(27-20(28)11-14)16-3-2-4-17(12-16)26-21(29)15-5-7-18(8-6-15)30-22(23,24)25/h2-13H,1H3,(H,26,29). The number of nitrogens with one attached hydrogen (secondary N) is 1. The Hall–Kier alpha value is -3.81. The summed E-state index contributed by atoms with van der Waals surface area (Å²) < 4.78 is 42.5. The number of carbonyl (C=O) groups is 1. The fraction of sp³-hybridized carbons (Fsp3) is 0.0909. The zero-order chi connectivity index (χ0) is 21.3. The summed E-state index contributed by atoms with van der Waals surface area (Å²) in [6.07, 6.45) is -0.950. The third-order valence-corrected chi connectivity index (χ3v) is 4.38. The first-order chi connectivity index (χ1) is 14.3. The Labute approximate surface area is 169 Å². The Kier molecular flexibility index (Phi) is 4.91. The highest BCUT2D eigenvalue weighted by atomic mass is 19.4. The molecule has 0 aliphatic carbocycles. The van der Waals surface area contributed by atoms with Gasteiger partial charge in [0.05, 0.1) is 5.69 Å². The largest absolute Gasteiger partial charge is 0.573 e. The number of ether oxygens (including phenoxy) is 1. The van der Waals surface area contributed by atoms with Gasteiger partial charge in [-0.3, -0.25) is 4.79 Å². The van der Waals surface area contributed by atoms with Crippen LogP contribution in [0, 0.1) is 6.92 Å². The second-order valence-electron chi connectivity index (χ2n) is 6.70. The first-order valence-electron chi connectivity index (χ1n) is 9.00. The van der Waals surface area contributed by atoms with Crippen LogP contribution in [-0.2, 0) is 0 Å². The van der Waals surface area contributed by atoms with Crippen molar-refractivity contribution in [1.29, 1.82) is 0 Å². The van der Waals surface area contributed by atoms with Gasteiger partial charge in [-0.15, -0.1) is 13.2 Å². The van der Waals surface area contributed by atoms with Crippen molar-refractivity contribution in [2.45, 2.75) is 13.3 Å². The number of anilines is 1. The van der Waals surface area contributed by atoms with Crippen molar-refractivity contribution in [3.63, 3.8) is 0 Å². The number of rotatable bonds is 4. The Bertz CT molecular complexity index is 1210. The van der Waals surface area contributed by atoms with Gasteiger partial charge in [-0.25, -0.2) is 4.98 Å². The summed E-state index contributed by atoms with van der Waals surface area (Å²) in [5.74, 6) is -0.834. The lowest BCUT2D eigenvalue weighted by molar-refractivity contribution is -0.274. The quantitative estimate of drug-likeness (QED) is 0.485. The van der Waals surface area contributed by atoms with Gasteiger partial charge in [-0.2, -0.15) is 0 Å². The number of aryl methyl sites for hydroxylation is 1. The van der Waals surface area contributed by atoms with Crippen LogP contribution in [0.25, 0.3) is 16.9 Å². The second kappa shape index (κ2) is 7.55. The molecule has 2 heterocycles. The van der Waals surface area contributed by atoms with Crippen LogP contribution in [0.15, 0.2) is 73.1 Å². The van der Waals surface area contributed by atoms with Crippen molar-refractivity contribution in [3.05, 3.63) is 84.2 Å². The third kappa shape index (κ3) is 4.43. The molecule has 30 heavy (non-hydrogen) atoms. The van der Waals surface area contributed by atoms with E-state index >= 15 is 0 Å². The predicted octanol–water partition coefficient (Wildman–Crippen LogP) is 5.46. The molecule has 0 aliphatic rings. The lowest BCUT2D eigenvalue weighted by Crippen LogP contribution is -2.17. The molecule has 4 aromatic rings. The minimum Gasteiger partial charge on any atom is -0.406 e. The summed E-state index contributed by atoms with van der Waals surface area (Å²) in [4.78, 5) is 17.0. The van der Waals surface area contributed by atoms with Gasteiger partial charge < -0.3 is 14.5 Å². The highest BCUT2D eigenvalue weighted by Gasteiger charge is 2.31. The molecule has 1 N–H and O–H groups in total. The van der Waals surface area contributed by atoms with Gasteiger partial charge in [0.25, 0.3) is 5.91 Å². The summed E-state index contributed by atoms with van der Waals surface area (Å²) in [7, 11) is 0. The maximum Gasteiger partial charge on any atom is 0.573 e. The lowest BCUT2D eigenvalue weighted by Gasteiger charge is -2.10. The first-order valence-corrected chi connectivity index (χ1v) is 9.00. The van der Waals surface area contributed by atoms with Gasteiger partial charge in [0, 0.05) is 29.2 Å². The number of hydrogen-bond donors (Lipinski definition) is 1. The van der Waals surface area contributed by atoms with Crippen LogP contribution in [0.5, 0.6) is 5.75 Å². The second-order valence-corrected chi connectivity index (χ2v) is 6.70. The van der Waals surface area contributed by atoms with E-state index in [0.717, 1.165) is 34.6 Å². The smallest absolute Gasteiger partial charge is 0.406 e. The van der Waals surface area contributed by atoms with E-state index in [2.05, 4.69) is 15.0 Å². The number of pyridine rings is 1. The number of carbonyl (C=O) groups excluding carboxylic acids is 1. The minimum atomic E-state index is -4.78. The van der Waals surface area contributed by atoms with E-state index in [9.17, 15) is 18.0 Å². The average molecular weight is 411 g/mol. The number of aromatic nitrogens is 2. The molecule has 2 aromatic carbocycles. The van der Waals surface area contributed by atoms with E-state index in [1.807, 2.05) is 41.9 Å². The molecule has 0 spiro atoms. The molecule has 0 fully saturated rings. The maximum absolute atomic E-state index is 12.4. The number of imidazole rings is 1. The van der Waals surface area contributed by atoms with E-state index in [1.165, 1.54) is 12.1 Å². The molecule has 8 heteroatoms. The summed E-state index contributed by atoms with van der Waals surface area (Å²) in [6.45, 7) is 1.99. The predicted molar refractivity (Wildman–Crippen MR) is 106 cm³/mol. The number of hydrogen-bond acceptors (Lipinski definition) is 3. The molecule has 0 unspecified atom stereocenters. The number of amides is 1. The van der Waals surface area contributed by atoms with Gasteiger partial charge in [-0.1, -0.05) is 12.1 Å². The monoisotopic (exact) mass is 411 g/mol. The number of nitrogens with zero attached hydrogens (tertiary/aromatic N) is 2. The van der Waals surface area contributed by atoms with Gasteiger partial charge >= 0.3 is 6.36 Å². The number of benzene rings is 2. The van der Waals surface area contributed by atoms with Crippen LogP contribution in [0.3, 0.4) is 0 Å². The Balaban J connectivity index is 1.51. The Morgan fingerprint density at radius 1 is 1.07 bits per heavy atom. The molecule has 2 aromatic heterocycles. The van der Waals surface area contributed by atoms with Crippen LogP contribution in [0.2, 0.25) is 0 Å². The van der Waals surface area contributed by atoms with Crippen LogP contribution in [0.1, 0.15) is 15.9 Å². The minimum absolute atomic E-state index is 0.207. The van der Waals surface area contributed by atoms with Crippen LogP contribution >= 0.6 is 0 Å². The SMILES string of the molecule is Cc1ccn2cc(-c3cccc(NC(=O)c4ccc(OC(F)(F)F)cc4)c3)nc2c1. The molecule has 1 amide bonds. The maximum atomic E-state index is 12.4. The molecule has 0 saturated heterocycles.